The van der Waals surface area contributed by atoms with Crippen molar-refractivity contribution in [2.75, 3.05) is 0 Å². The van der Waals surface area contributed by atoms with Crippen molar-refractivity contribution >= 4 is 16.0 Å². The minimum absolute atomic E-state index is 0.0140. The van der Waals surface area contributed by atoms with Gasteiger partial charge in [0.2, 0.25) is 5.91 Å². The van der Waals surface area contributed by atoms with Crippen molar-refractivity contribution in [3.63, 3.8) is 0 Å². The minimum Gasteiger partial charge on any atom is -0.376 e. The molecule has 1 fully saturated rings. The third-order valence-corrected chi connectivity index (χ3v) is 4.96. The van der Waals surface area contributed by atoms with Gasteiger partial charge in [0.1, 0.15) is 5.75 Å². The Labute approximate surface area is 147 Å². The Morgan fingerprint density at radius 2 is 1.50 bits per heavy atom. The summed E-state index contributed by atoms with van der Waals surface area (Å²) in [6, 6.07) is 12.6. The van der Waals surface area contributed by atoms with Gasteiger partial charge in [-0.05, 0) is 35.2 Å². The maximum Gasteiger partial charge on any atom is 0.534 e. The third kappa shape index (κ3) is 3.82. The van der Waals surface area contributed by atoms with Gasteiger partial charge in [-0.1, -0.05) is 36.4 Å². The molecule has 138 valence electrons. The highest BCUT2D eigenvalue weighted by molar-refractivity contribution is 7.88. The normalized spacial score (nSPS) is 17.8. The molecule has 3 rings (SSSR count). The summed E-state index contributed by atoms with van der Waals surface area (Å²) in [5.41, 5.74) is -3.03. The zero-order valence-corrected chi connectivity index (χ0v) is 14.1. The first kappa shape index (κ1) is 18.2. The van der Waals surface area contributed by atoms with Gasteiger partial charge in [0.15, 0.2) is 0 Å². The number of hydrogen-bond acceptors (Lipinski definition) is 4. The van der Waals surface area contributed by atoms with E-state index in [2.05, 4.69) is 9.50 Å². The molecule has 5 nitrogen and oxygen atoms in total. The molecular formula is C17H14F3NO4S. The standard InChI is InChI=1S/C17H14F3NO4S/c18-17(19,20)26(23,24)25-14-7-5-12(6-8-14)11-1-3-13(4-2-11)15-9-10-16(22)21-15/h1-8,15H,9-10H2,(H,21,22)/t15-/m1/s1. The molecule has 2 aromatic rings. The van der Waals surface area contributed by atoms with Crippen LogP contribution in [0.15, 0.2) is 48.5 Å². The molecule has 26 heavy (non-hydrogen) atoms. The molecule has 0 saturated carbocycles. The molecule has 2 aromatic carbocycles. The summed E-state index contributed by atoms with van der Waals surface area (Å²) < 4.78 is 63.0. The number of halogens is 3. The lowest BCUT2D eigenvalue weighted by Crippen LogP contribution is -2.28. The van der Waals surface area contributed by atoms with E-state index in [1.807, 2.05) is 24.3 Å². The molecule has 1 amide bonds. The second kappa shape index (κ2) is 6.64. The van der Waals surface area contributed by atoms with E-state index in [9.17, 15) is 26.4 Å². The van der Waals surface area contributed by atoms with E-state index in [-0.39, 0.29) is 11.9 Å². The highest BCUT2D eigenvalue weighted by Crippen LogP contribution is 2.30. The van der Waals surface area contributed by atoms with E-state index in [0.717, 1.165) is 29.7 Å². The summed E-state index contributed by atoms with van der Waals surface area (Å²) in [6.07, 6.45) is 1.23. The Balaban J connectivity index is 1.73. The summed E-state index contributed by atoms with van der Waals surface area (Å²) in [6.45, 7) is 0. The molecule has 0 spiro atoms. The zero-order valence-electron chi connectivity index (χ0n) is 13.3. The van der Waals surface area contributed by atoms with Crippen LogP contribution in [0.1, 0.15) is 24.4 Å². The fraction of sp³-hybridized carbons (Fsp3) is 0.235. The van der Waals surface area contributed by atoms with Gasteiger partial charge in [-0.3, -0.25) is 4.79 Å². The average Bonchev–Trinajstić information content (AvgIpc) is 3.01. The Bertz CT molecular complexity index is 907. The number of nitrogens with one attached hydrogen (secondary N) is 1. The van der Waals surface area contributed by atoms with Gasteiger partial charge in [-0.25, -0.2) is 0 Å². The number of hydrogen-bond donors (Lipinski definition) is 1. The van der Waals surface area contributed by atoms with Crippen LogP contribution in [0, 0.1) is 0 Å². The van der Waals surface area contributed by atoms with Gasteiger partial charge in [0.25, 0.3) is 0 Å². The number of carbonyl (C=O) groups excluding carboxylic acids is 1. The Morgan fingerprint density at radius 3 is 1.96 bits per heavy atom. The molecular weight excluding hydrogens is 371 g/mol. The van der Waals surface area contributed by atoms with Crippen LogP contribution in [-0.2, 0) is 14.9 Å². The van der Waals surface area contributed by atoms with Crippen molar-refractivity contribution in [2.45, 2.75) is 24.4 Å². The number of alkyl halides is 3. The van der Waals surface area contributed by atoms with Gasteiger partial charge in [-0.15, -0.1) is 0 Å². The Morgan fingerprint density at radius 1 is 0.962 bits per heavy atom. The van der Waals surface area contributed by atoms with Crippen molar-refractivity contribution in [1.82, 2.24) is 5.32 Å². The molecule has 1 saturated heterocycles. The monoisotopic (exact) mass is 385 g/mol. The zero-order chi connectivity index (χ0) is 18.9. The fourth-order valence-electron chi connectivity index (χ4n) is 2.65. The van der Waals surface area contributed by atoms with Gasteiger partial charge < -0.3 is 9.50 Å². The third-order valence-electron chi connectivity index (χ3n) is 3.99. The SMILES string of the molecule is O=C1CC[C@H](c2ccc(-c3ccc(OS(=O)(=O)C(F)(F)F)cc3)cc2)N1. The lowest BCUT2D eigenvalue weighted by Gasteiger charge is -2.12. The summed E-state index contributed by atoms with van der Waals surface area (Å²) in [5.74, 6) is -0.403. The lowest BCUT2D eigenvalue weighted by atomic mass is 10.00. The van der Waals surface area contributed by atoms with E-state index in [1.165, 1.54) is 12.1 Å². The first-order valence-corrected chi connectivity index (χ1v) is 9.07. The van der Waals surface area contributed by atoms with Crippen molar-refractivity contribution in [2.24, 2.45) is 0 Å². The minimum atomic E-state index is -5.68. The number of amides is 1. The Hall–Kier alpha value is -2.55. The largest absolute Gasteiger partial charge is 0.534 e. The van der Waals surface area contributed by atoms with Crippen molar-refractivity contribution in [3.8, 4) is 16.9 Å². The second-order valence-electron chi connectivity index (χ2n) is 5.79. The molecule has 0 aromatic heterocycles. The van der Waals surface area contributed by atoms with Crippen LogP contribution in [0.2, 0.25) is 0 Å². The summed E-state index contributed by atoms with van der Waals surface area (Å²) in [5, 5.41) is 2.87. The van der Waals surface area contributed by atoms with Crippen LogP contribution in [0.25, 0.3) is 11.1 Å². The summed E-state index contributed by atoms with van der Waals surface area (Å²) >= 11 is 0. The van der Waals surface area contributed by atoms with E-state index in [4.69, 9.17) is 0 Å². The van der Waals surface area contributed by atoms with Gasteiger partial charge in [-0.2, -0.15) is 21.6 Å². The first-order chi connectivity index (χ1) is 12.2. The molecule has 0 unspecified atom stereocenters. The van der Waals surface area contributed by atoms with Crippen molar-refractivity contribution in [3.05, 3.63) is 54.1 Å². The lowest BCUT2D eigenvalue weighted by molar-refractivity contribution is -0.119. The van der Waals surface area contributed by atoms with E-state index < -0.39 is 21.4 Å². The van der Waals surface area contributed by atoms with E-state index in [1.54, 1.807) is 0 Å². The molecule has 1 aliphatic rings. The van der Waals surface area contributed by atoms with Crippen LogP contribution in [0.3, 0.4) is 0 Å². The number of benzene rings is 2. The number of rotatable bonds is 4. The first-order valence-electron chi connectivity index (χ1n) is 7.66. The maximum atomic E-state index is 12.3. The summed E-state index contributed by atoms with van der Waals surface area (Å²) in [4.78, 5) is 11.3. The molecule has 1 atom stereocenters. The molecule has 0 aliphatic carbocycles. The highest BCUT2D eigenvalue weighted by Gasteiger charge is 2.48. The number of carbonyl (C=O) groups is 1. The molecule has 1 aliphatic heterocycles. The fourth-order valence-corrected chi connectivity index (χ4v) is 3.11. The van der Waals surface area contributed by atoms with Crippen molar-refractivity contribution < 1.29 is 30.6 Å². The average molecular weight is 385 g/mol. The topological polar surface area (TPSA) is 72.5 Å². The van der Waals surface area contributed by atoms with Gasteiger partial charge >= 0.3 is 15.6 Å². The quantitative estimate of drug-likeness (QED) is 0.646. The molecule has 1 N–H and O–H groups in total. The molecule has 9 heteroatoms. The van der Waals surface area contributed by atoms with E-state index >= 15 is 0 Å². The maximum absolute atomic E-state index is 12.3. The smallest absolute Gasteiger partial charge is 0.376 e. The summed E-state index contributed by atoms with van der Waals surface area (Å²) in [7, 11) is -5.68. The van der Waals surface area contributed by atoms with Crippen LogP contribution < -0.4 is 9.50 Å². The Kier molecular flexibility index (Phi) is 4.66. The van der Waals surface area contributed by atoms with Crippen molar-refractivity contribution in [1.29, 1.82) is 0 Å². The van der Waals surface area contributed by atoms with Crippen LogP contribution in [-0.4, -0.2) is 19.8 Å². The van der Waals surface area contributed by atoms with E-state index in [0.29, 0.717) is 12.0 Å². The van der Waals surface area contributed by atoms with Gasteiger partial charge in [0, 0.05) is 6.42 Å². The van der Waals surface area contributed by atoms with Crippen LogP contribution in [0.4, 0.5) is 13.2 Å². The van der Waals surface area contributed by atoms with Gasteiger partial charge in [0.05, 0.1) is 6.04 Å². The molecule has 1 heterocycles. The second-order valence-corrected chi connectivity index (χ2v) is 7.33. The van der Waals surface area contributed by atoms with Crippen LogP contribution in [0.5, 0.6) is 5.75 Å². The van der Waals surface area contributed by atoms with Crippen LogP contribution >= 0.6 is 0 Å². The predicted molar refractivity (Wildman–Crippen MR) is 87.6 cm³/mol. The molecule has 0 radical (unpaired) electrons. The highest BCUT2D eigenvalue weighted by atomic mass is 32.2. The molecule has 0 bridgehead atoms. The predicted octanol–water partition coefficient (Wildman–Crippen LogP) is 3.53.